The number of nitrogens with two attached hydrogens (primary N) is 1. The number of nitrogens with one attached hydrogen (secondary N) is 3. The smallest absolute Gasteiger partial charge is 0.450 e. The highest BCUT2D eigenvalue weighted by Gasteiger charge is 2.07. The number of piperazine rings is 1. The van der Waals surface area contributed by atoms with Crippen LogP contribution in [0.2, 0.25) is 0 Å². The predicted octanol–water partition coefficient (Wildman–Crippen LogP) is -1.81. The first-order valence-electron chi connectivity index (χ1n) is 3.49. The van der Waals surface area contributed by atoms with E-state index in [1.807, 2.05) is 0 Å². The van der Waals surface area contributed by atoms with Gasteiger partial charge in [-0.05, 0) is 0 Å². The molecule has 1 unspecified atom stereocenters. The summed E-state index contributed by atoms with van der Waals surface area (Å²) >= 11 is 0. The second kappa shape index (κ2) is 6.80. The van der Waals surface area contributed by atoms with E-state index in [-0.39, 0.29) is 6.17 Å². The zero-order valence-electron chi connectivity index (χ0n) is 6.58. The van der Waals surface area contributed by atoms with Crippen LogP contribution >= 0.6 is 0 Å². The van der Waals surface area contributed by atoms with Crippen LogP contribution in [0, 0.1) is 0 Å². The van der Waals surface area contributed by atoms with Gasteiger partial charge in [-0.15, -0.1) is 0 Å². The van der Waals surface area contributed by atoms with Gasteiger partial charge in [0, 0.05) is 19.6 Å². The third-order valence-corrected chi connectivity index (χ3v) is 1.24. The number of carboxylic acid groups (broad SMARTS) is 2. The molecule has 1 aliphatic heterocycles. The molecule has 1 saturated heterocycles. The van der Waals surface area contributed by atoms with Crippen LogP contribution < -0.4 is 21.9 Å². The van der Waals surface area contributed by atoms with Crippen LogP contribution in [-0.2, 0) is 0 Å². The van der Waals surface area contributed by atoms with Gasteiger partial charge in [0.1, 0.15) is 0 Å². The lowest BCUT2D eigenvalue weighted by Crippen LogP contribution is -2.57. The van der Waals surface area contributed by atoms with Crippen LogP contribution in [0.15, 0.2) is 0 Å². The molecule has 0 aromatic carbocycles. The van der Waals surface area contributed by atoms with Gasteiger partial charge >= 0.3 is 6.16 Å². The minimum Gasteiger partial charge on any atom is -0.450 e. The second-order valence-corrected chi connectivity index (χ2v) is 2.16. The Morgan fingerprint density at radius 1 is 1.50 bits per heavy atom. The Morgan fingerprint density at radius 3 is 2.33 bits per heavy atom. The Labute approximate surface area is 69.9 Å². The maximum absolute atomic E-state index is 8.56. The molecule has 7 nitrogen and oxygen atoms in total. The van der Waals surface area contributed by atoms with Crippen molar-refractivity contribution in [1.29, 1.82) is 0 Å². The summed E-state index contributed by atoms with van der Waals surface area (Å²) in [6.07, 6.45) is -1.58. The summed E-state index contributed by atoms with van der Waals surface area (Å²) in [6, 6.07) is 0. The van der Waals surface area contributed by atoms with Crippen LogP contribution in [0.4, 0.5) is 4.79 Å². The van der Waals surface area contributed by atoms with Crippen molar-refractivity contribution >= 4 is 6.16 Å². The van der Waals surface area contributed by atoms with E-state index >= 15 is 0 Å². The van der Waals surface area contributed by atoms with Crippen LogP contribution in [0.1, 0.15) is 0 Å². The number of rotatable bonds is 1. The largest absolute Gasteiger partial charge is 0.503 e. The molecule has 0 aromatic rings. The van der Waals surface area contributed by atoms with E-state index in [0.717, 1.165) is 19.6 Å². The van der Waals surface area contributed by atoms with E-state index < -0.39 is 6.16 Å². The van der Waals surface area contributed by atoms with Gasteiger partial charge in [0.15, 0.2) is 0 Å². The molecule has 1 atom stereocenters. The minimum absolute atomic E-state index is 0.253. The Kier molecular flexibility index (Phi) is 6.29. The van der Waals surface area contributed by atoms with E-state index in [9.17, 15) is 0 Å². The molecule has 0 spiro atoms. The molecule has 0 bridgehead atoms. The van der Waals surface area contributed by atoms with Crippen molar-refractivity contribution in [1.82, 2.24) is 16.1 Å². The zero-order valence-corrected chi connectivity index (χ0v) is 6.58. The van der Waals surface area contributed by atoms with Crippen molar-refractivity contribution in [2.75, 3.05) is 19.6 Å². The molecular weight excluding hydrogens is 164 g/mol. The van der Waals surface area contributed by atoms with E-state index in [1.54, 1.807) is 0 Å². The van der Waals surface area contributed by atoms with Crippen molar-refractivity contribution in [3.63, 3.8) is 0 Å². The molecule has 0 aliphatic carbocycles. The summed E-state index contributed by atoms with van der Waals surface area (Å²) in [5.41, 5.74) is 2.63. The fraction of sp³-hybridized carbons (Fsp3) is 0.800. The highest BCUT2D eigenvalue weighted by Crippen LogP contribution is 1.76. The lowest BCUT2D eigenvalue weighted by Gasteiger charge is -2.23. The van der Waals surface area contributed by atoms with Crippen LogP contribution in [-0.4, -0.2) is 42.2 Å². The molecule has 1 aliphatic rings. The third kappa shape index (κ3) is 7.22. The molecule has 0 amide bonds. The van der Waals surface area contributed by atoms with Gasteiger partial charge in [-0.25, -0.2) is 10.2 Å². The first-order valence-corrected chi connectivity index (χ1v) is 3.49. The second-order valence-electron chi connectivity index (χ2n) is 2.16. The van der Waals surface area contributed by atoms with Crippen molar-refractivity contribution in [3.05, 3.63) is 0 Å². The van der Waals surface area contributed by atoms with Crippen molar-refractivity contribution in [2.45, 2.75) is 6.17 Å². The van der Waals surface area contributed by atoms with Crippen LogP contribution in [0.25, 0.3) is 0 Å². The highest BCUT2D eigenvalue weighted by molar-refractivity contribution is 5.53. The zero-order chi connectivity index (χ0) is 9.40. The predicted molar refractivity (Wildman–Crippen MR) is 42.6 cm³/mol. The summed E-state index contributed by atoms with van der Waals surface area (Å²) in [4.78, 5) is 8.56. The van der Waals surface area contributed by atoms with E-state index in [0.29, 0.717) is 0 Å². The van der Waals surface area contributed by atoms with E-state index in [1.165, 1.54) is 0 Å². The maximum Gasteiger partial charge on any atom is 0.503 e. The third-order valence-electron chi connectivity index (χ3n) is 1.24. The van der Waals surface area contributed by atoms with E-state index in [4.69, 9.17) is 20.9 Å². The van der Waals surface area contributed by atoms with Gasteiger partial charge in [0.25, 0.3) is 0 Å². The Hall–Kier alpha value is -0.890. The molecule has 1 rings (SSSR count). The molecular formula is C5H14N4O3. The number of hydrogen-bond acceptors (Lipinski definition) is 5. The van der Waals surface area contributed by atoms with Crippen molar-refractivity contribution in [3.8, 4) is 0 Å². The normalized spacial score (nSPS) is 22.2. The number of hydrogen-bond donors (Lipinski definition) is 6. The van der Waals surface area contributed by atoms with Crippen LogP contribution in [0.5, 0.6) is 0 Å². The monoisotopic (exact) mass is 178 g/mol. The average molecular weight is 178 g/mol. The number of hydrazine groups is 1. The topological polar surface area (TPSA) is 120 Å². The van der Waals surface area contributed by atoms with Crippen molar-refractivity contribution in [2.24, 2.45) is 5.84 Å². The standard InChI is InChI=1S/C4H12N4.CH2O3/c5-8-4-3-6-1-2-7-4;2-1(3)4/h4,6-8H,1-3,5H2;(H2,2,3,4). The SMILES string of the molecule is NNC1CNCCN1.O=C(O)O. The lowest BCUT2D eigenvalue weighted by molar-refractivity contribution is 0.137. The Balaban J connectivity index is 0.000000261. The lowest BCUT2D eigenvalue weighted by atomic mass is 10.4. The summed E-state index contributed by atoms with van der Waals surface area (Å²) < 4.78 is 0. The van der Waals surface area contributed by atoms with Gasteiger partial charge in [0.05, 0.1) is 6.17 Å². The van der Waals surface area contributed by atoms with Gasteiger partial charge in [0.2, 0.25) is 0 Å². The van der Waals surface area contributed by atoms with Gasteiger partial charge in [-0.2, -0.15) is 0 Å². The molecule has 7 N–H and O–H groups in total. The first kappa shape index (κ1) is 11.1. The molecule has 0 saturated carbocycles. The average Bonchev–Trinajstić information content (AvgIpc) is 2.05. The minimum atomic E-state index is -1.83. The molecule has 7 heteroatoms. The molecule has 72 valence electrons. The van der Waals surface area contributed by atoms with Crippen molar-refractivity contribution < 1.29 is 15.0 Å². The van der Waals surface area contributed by atoms with Gasteiger partial charge in [-0.3, -0.25) is 11.2 Å². The van der Waals surface area contributed by atoms with Gasteiger partial charge in [-0.1, -0.05) is 0 Å². The Morgan fingerprint density at radius 2 is 2.08 bits per heavy atom. The Bertz CT molecular complexity index is 122. The summed E-state index contributed by atoms with van der Waals surface area (Å²) in [5.74, 6) is 5.15. The fourth-order valence-corrected chi connectivity index (χ4v) is 0.771. The fourth-order valence-electron chi connectivity index (χ4n) is 0.771. The maximum atomic E-state index is 8.56. The highest BCUT2D eigenvalue weighted by atomic mass is 16.6. The summed E-state index contributed by atoms with van der Waals surface area (Å²) in [6.45, 7) is 2.95. The van der Waals surface area contributed by atoms with Gasteiger partial charge < -0.3 is 15.5 Å². The summed E-state index contributed by atoms with van der Waals surface area (Å²) in [5, 5.41) is 20.3. The molecule has 12 heavy (non-hydrogen) atoms. The van der Waals surface area contributed by atoms with Crippen LogP contribution in [0.3, 0.4) is 0 Å². The summed E-state index contributed by atoms with van der Waals surface area (Å²) in [7, 11) is 0. The molecule has 0 aromatic heterocycles. The number of carbonyl (C=O) groups is 1. The molecule has 1 fully saturated rings. The first-order chi connectivity index (χ1) is 5.66. The van der Waals surface area contributed by atoms with E-state index in [2.05, 4.69) is 16.1 Å². The quantitative estimate of drug-likeness (QED) is 0.207. The molecule has 1 heterocycles. The molecule has 0 radical (unpaired) electrons.